The highest BCUT2D eigenvalue weighted by atomic mass is 19.3. The SMILES string of the molecule is Cc1c(F)ccc(OC(F)F)c1/C=C/C(=O)O. The van der Waals surface area contributed by atoms with E-state index in [4.69, 9.17) is 5.11 Å². The minimum atomic E-state index is -3.06. The quantitative estimate of drug-likeness (QED) is 0.831. The maximum absolute atomic E-state index is 13.2. The van der Waals surface area contributed by atoms with Crippen molar-refractivity contribution in [2.24, 2.45) is 0 Å². The molecule has 0 spiro atoms. The van der Waals surface area contributed by atoms with Gasteiger partial charge in [-0.1, -0.05) is 0 Å². The van der Waals surface area contributed by atoms with Gasteiger partial charge in [0.15, 0.2) is 0 Å². The maximum Gasteiger partial charge on any atom is 0.387 e. The number of carbonyl (C=O) groups is 1. The fourth-order valence-corrected chi connectivity index (χ4v) is 1.24. The molecule has 1 N–H and O–H groups in total. The number of rotatable bonds is 4. The van der Waals surface area contributed by atoms with E-state index in [0.717, 1.165) is 24.3 Å². The van der Waals surface area contributed by atoms with Gasteiger partial charge >= 0.3 is 12.6 Å². The molecule has 17 heavy (non-hydrogen) atoms. The van der Waals surface area contributed by atoms with Crippen molar-refractivity contribution in [1.29, 1.82) is 0 Å². The van der Waals surface area contributed by atoms with E-state index in [1.807, 2.05) is 0 Å². The van der Waals surface area contributed by atoms with E-state index in [9.17, 15) is 18.0 Å². The summed E-state index contributed by atoms with van der Waals surface area (Å²) in [6, 6.07) is 2.00. The number of ether oxygens (including phenoxy) is 1. The molecule has 1 aromatic rings. The van der Waals surface area contributed by atoms with Gasteiger partial charge in [-0.15, -0.1) is 0 Å². The molecule has 0 unspecified atom stereocenters. The molecule has 6 heteroatoms. The Morgan fingerprint density at radius 3 is 2.65 bits per heavy atom. The Morgan fingerprint density at radius 1 is 1.47 bits per heavy atom. The molecule has 0 fully saturated rings. The summed E-state index contributed by atoms with van der Waals surface area (Å²) in [5.74, 6) is -2.16. The number of halogens is 3. The monoisotopic (exact) mass is 246 g/mol. The molecule has 0 atom stereocenters. The van der Waals surface area contributed by atoms with Crippen LogP contribution in [0, 0.1) is 12.7 Å². The van der Waals surface area contributed by atoms with Gasteiger partial charge in [-0.25, -0.2) is 9.18 Å². The molecule has 0 saturated carbocycles. The number of aliphatic carboxylic acids is 1. The van der Waals surface area contributed by atoms with Gasteiger partial charge in [0.05, 0.1) is 0 Å². The van der Waals surface area contributed by atoms with Gasteiger partial charge in [-0.05, 0) is 30.7 Å². The molecule has 0 amide bonds. The van der Waals surface area contributed by atoms with Crippen LogP contribution in [0.3, 0.4) is 0 Å². The molecular weight excluding hydrogens is 237 g/mol. The van der Waals surface area contributed by atoms with E-state index in [1.165, 1.54) is 6.92 Å². The first-order chi connectivity index (χ1) is 7.91. The van der Waals surface area contributed by atoms with Crippen molar-refractivity contribution in [3.05, 3.63) is 35.2 Å². The summed E-state index contributed by atoms with van der Waals surface area (Å²) in [7, 11) is 0. The fourth-order valence-electron chi connectivity index (χ4n) is 1.24. The molecule has 0 aromatic heterocycles. The van der Waals surface area contributed by atoms with Gasteiger partial charge in [-0.3, -0.25) is 0 Å². The number of alkyl halides is 2. The summed E-state index contributed by atoms with van der Waals surface area (Å²) in [4.78, 5) is 10.3. The molecule has 1 aromatic carbocycles. The predicted octanol–water partition coefficient (Wildman–Crippen LogP) is 2.83. The summed E-state index contributed by atoms with van der Waals surface area (Å²) >= 11 is 0. The molecule has 0 bridgehead atoms. The summed E-state index contributed by atoms with van der Waals surface area (Å²) in [6.07, 6.45) is 1.73. The molecule has 0 saturated heterocycles. The second-order valence-corrected chi connectivity index (χ2v) is 3.13. The lowest BCUT2D eigenvalue weighted by Gasteiger charge is -2.10. The van der Waals surface area contributed by atoms with E-state index in [0.29, 0.717) is 0 Å². The summed E-state index contributed by atoms with van der Waals surface area (Å²) in [6.45, 7) is -1.72. The fraction of sp³-hybridized carbons (Fsp3) is 0.182. The highest BCUT2D eigenvalue weighted by Crippen LogP contribution is 2.27. The van der Waals surface area contributed by atoms with Gasteiger partial charge in [0, 0.05) is 11.6 Å². The Bertz CT molecular complexity index is 456. The molecule has 0 radical (unpaired) electrons. The number of carboxylic acids is 1. The van der Waals surface area contributed by atoms with Crippen molar-refractivity contribution < 1.29 is 27.8 Å². The van der Waals surface area contributed by atoms with Gasteiger partial charge in [-0.2, -0.15) is 8.78 Å². The average Bonchev–Trinajstić information content (AvgIpc) is 2.22. The Labute approximate surface area is 95.1 Å². The zero-order valence-electron chi connectivity index (χ0n) is 8.78. The second-order valence-electron chi connectivity index (χ2n) is 3.13. The lowest BCUT2D eigenvalue weighted by Crippen LogP contribution is -2.05. The van der Waals surface area contributed by atoms with E-state index < -0.39 is 18.4 Å². The van der Waals surface area contributed by atoms with E-state index in [2.05, 4.69) is 4.74 Å². The predicted molar refractivity (Wildman–Crippen MR) is 54.4 cm³/mol. The Kier molecular flexibility index (Phi) is 4.14. The molecule has 1 rings (SSSR count). The van der Waals surface area contributed by atoms with Crippen LogP contribution < -0.4 is 4.74 Å². The van der Waals surface area contributed by atoms with Gasteiger partial charge in [0.25, 0.3) is 0 Å². The van der Waals surface area contributed by atoms with Crippen LogP contribution in [0.25, 0.3) is 6.08 Å². The summed E-state index contributed by atoms with van der Waals surface area (Å²) < 4.78 is 41.5. The van der Waals surface area contributed by atoms with Crippen LogP contribution in [0.2, 0.25) is 0 Å². The van der Waals surface area contributed by atoms with E-state index in [1.54, 1.807) is 0 Å². The van der Waals surface area contributed by atoms with Crippen molar-refractivity contribution in [2.45, 2.75) is 13.5 Å². The molecule has 0 aliphatic carbocycles. The maximum atomic E-state index is 13.2. The van der Waals surface area contributed by atoms with Crippen molar-refractivity contribution in [1.82, 2.24) is 0 Å². The molecular formula is C11H9F3O3. The van der Waals surface area contributed by atoms with Crippen LogP contribution in [0.5, 0.6) is 5.75 Å². The van der Waals surface area contributed by atoms with E-state index in [-0.39, 0.29) is 16.9 Å². The molecule has 0 aliphatic heterocycles. The molecule has 92 valence electrons. The molecule has 3 nitrogen and oxygen atoms in total. The standard InChI is InChI=1S/C11H9F3O3/c1-6-7(2-5-10(15)16)9(17-11(13)14)4-3-8(6)12/h2-5,11H,1H3,(H,15,16)/b5-2+. The Balaban J connectivity index is 3.21. The third-order valence-electron chi connectivity index (χ3n) is 2.02. The van der Waals surface area contributed by atoms with Crippen LogP contribution in [0.15, 0.2) is 18.2 Å². The first-order valence-electron chi connectivity index (χ1n) is 4.56. The van der Waals surface area contributed by atoms with Crippen molar-refractivity contribution in [3.8, 4) is 5.75 Å². The van der Waals surface area contributed by atoms with Gasteiger partial charge in [0.1, 0.15) is 11.6 Å². The smallest absolute Gasteiger partial charge is 0.387 e. The zero-order chi connectivity index (χ0) is 13.0. The first-order valence-corrected chi connectivity index (χ1v) is 4.56. The number of carboxylic acid groups (broad SMARTS) is 1. The largest absolute Gasteiger partial charge is 0.478 e. The first kappa shape index (κ1) is 13.1. The second kappa shape index (κ2) is 5.38. The third kappa shape index (κ3) is 3.51. The van der Waals surface area contributed by atoms with Crippen LogP contribution in [-0.2, 0) is 4.79 Å². The highest BCUT2D eigenvalue weighted by Gasteiger charge is 2.12. The average molecular weight is 246 g/mol. The Hall–Kier alpha value is -1.98. The summed E-state index contributed by atoms with van der Waals surface area (Å²) in [5.41, 5.74) is 0.0216. The van der Waals surface area contributed by atoms with Gasteiger partial charge < -0.3 is 9.84 Å². The van der Waals surface area contributed by atoms with Crippen LogP contribution in [0.4, 0.5) is 13.2 Å². The number of hydrogen-bond acceptors (Lipinski definition) is 2. The van der Waals surface area contributed by atoms with Crippen molar-refractivity contribution >= 4 is 12.0 Å². The summed E-state index contributed by atoms with van der Waals surface area (Å²) in [5, 5.41) is 8.44. The molecule has 0 aliphatic rings. The third-order valence-corrected chi connectivity index (χ3v) is 2.02. The van der Waals surface area contributed by atoms with E-state index >= 15 is 0 Å². The van der Waals surface area contributed by atoms with Crippen LogP contribution >= 0.6 is 0 Å². The number of benzene rings is 1. The highest BCUT2D eigenvalue weighted by molar-refractivity contribution is 5.86. The minimum Gasteiger partial charge on any atom is -0.478 e. The molecule has 0 heterocycles. The van der Waals surface area contributed by atoms with Crippen molar-refractivity contribution in [2.75, 3.05) is 0 Å². The lowest BCUT2D eigenvalue weighted by atomic mass is 10.1. The van der Waals surface area contributed by atoms with Crippen LogP contribution in [-0.4, -0.2) is 17.7 Å². The minimum absolute atomic E-state index is 0.0206. The number of hydrogen-bond donors (Lipinski definition) is 1. The zero-order valence-corrected chi connectivity index (χ0v) is 8.78. The van der Waals surface area contributed by atoms with Gasteiger partial charge in [0.2, 0.25) is 0 Å². The lowest BCUT2D eigenvalue weighted by molar-refractivity contribution is -0.131. The van der Waals surface area contributed by atoms with Crippen LogP contribution in [0.1, 0.15) is 11.1 Å². The topological polar surface area (TPSA) is 46.5 Å². The normalized spacial score (nSPS) is 11.1. The Morgan fingerprint density at radius 2 is 2.12 bits per heavy atom. The van der Waals surface area contributed by atoms with Crippen molar-refractivity contribution in [3.63, 3.8) is 0 Å².